The number of hydrogen-bond acceptors (Lipinski definition) is 3. The van der Waals surface area contributed by atoms with E-state index in [4.69, 9.17) is 4.42 Å². The van der Waals surface area contributed by atoms with Crippen molar-refractivity contribution in [2.45, 2.75) is 31.7 Å². The summed E-state index contributed by atoms with van der Waals surface area (Å²) >= 11 is 0. The summed E-state index contributed by atoms with van der Waals surface area (Å²) in [7, 11) is 0. The van der Waals surface area contributed by atoms with Crippen LogP contribution in [0.25, 0.3) is 0 Å². The van der Waals surface area contributed by atoms with E-state index in [1.165, 1.54) is 11.2 Å². The van der Waals surface area contributed by atoms with Crippen molar-refractivity contribution in [3.05, 3.63) is 58.3 Å². The predicted molar refractivity (Wildman–Crippen MR) is 88.7 cm³/mol. The number of nitrogens with one attached hydrogen (secondary N) is 1. The van der Waals surface area contributed by atoms with Gasteiger partial charge >= 0.3 is 0 Å². The van der Waals surface area contributed by atoms with Gasteiger partial charge in [0.2, 0.25) is 0 Å². The molecule has 2 aromatic rings. The molecule has 3 heterocycles. The second-order valence-corrected chi connectivity index (χ2v) is 6.75. The Hall–Kier alpha value is -2.77. The smallest absolute Gasteiger partial charge is 0.258 e. The van der Waals surface area contributed by atoms with Crippen LogP contribution in [-0.4, -0.2) is 29.8 Å². The summed E-state index contributed by atoms with van der Waals surface area (Å²) in [6.07, 6.45) is 3.38. The fourth-order valence-corrected chi connectivity index (χ4v) is 3.83. The number of likely N-dealkylation sites (tertiary alicyclic amines) is 1. The Bertz CT molecular complexity index is 925. The molecule has 1 saturated heterocycles. The standard InChI is InChI=1S/C19H17F3N2O3/c20-10-7-11(17(22)13(21)8-10)14-3-2-6-24(14)19(26)12-9-27-15-4-1-5-23-18(25)16(12)15/h7-9,14H,1-6H2,(H,23,25). The summed E-state index contributed by atoms with van der Waals surface area (Å²) in [6, 6.07) is 0.583. The normalized spacial score (nSPS) is 19.6. The van der Waals surface area contributed by atoms with E-state index >= 15 is 0 Å². The molecule has 0 radical (unpaired) electrons. The van der Waals surface area contributed by atoms with E-state index in [1.807, 2.05) is 0 Å². The van der Waals surface area contributed by atoms with E-state index in [0.717, 1.165) is 6.07 Å². The van der Waals surface area contributed by atoms with Gasteiger partial charge < -0.3 is 14.6 Å². The number of amides is 2. The van der Waals surface area contributed by atoms with Gasteiger partial charge in [-0.3, -0.25) is 9.59 Å². The highest BCUT2D eigenvalue weighted by Gasteiger charge is 2.36. The molecule has 142 valence electrons. The zero-order valence-electron chi connectivity index (χ0n) is 14.4. The van der Waals surface area contributed by atoms with Crippen LogP contribution in [0.2, 0.25) is 0 Å². The number of furan rings is 1. The van der Waals surface area contributed by atoms with Gasteiger partial charge in [0.05, 0.1) is 17.2 Å². The molecule has 1 aromatic carbocycles. The van der Waals surface area contributed by atoms with Crippen LogP contribution in [0, 0.1) is 17.5 Å². The van der Waals surface area contributed by atoms with Crippen LogP contribution in [-0.2, 0) is 6.42 Å². The van der Waals surface area contributed by atoms with Crippen LogP contribution < -0.4 is 5.32 Å². The molecule has 2 aliphatic rings. The molecule has 1 N–H and O–H groups in total. The lowest BCUT2D eigenvalue weighted by Crippen LogP contribution is -2.33. The van der Waals surface area contributed by atoms with Gasteiger partial charge in [0.15, 0.2) is 11.6 Å². The van der Waals surface area contributed by atoms with Crippen LogP contribution in [0.4, 0.5) is 13.2 Å². The molecule has 0 aliphatic carbocycles. The molecule has 1 atom stereocenters. The summed E-state index contributed by atoms with van der Waals surface area (Å²) in [5, 5.41) is 2.71. The minimum Gasteiger partial charge on any atom is -0.468 e. The second kappa shape index (κ2) is 6.75. The first-order valence-corrected chi connectivity index (χ1v) is 8.81. The fourth-order valence-electron chi connectivity index (χ4n) is 3.83. The molecule has 27 heavy (non-hydrogen) atoms. The molecule has 0 spiro atoms. The van der Waals surface area contributed by atoms with Crippen LogP contribution in [0.3, 0.4) is 0 Å². The zero-order valence-corrected chi connectivity index (χ0v) is 14.4. The van der Waals surface area contributed by atoms with Gasteiger partial charge in [-0.1, -0.05) is 0 Å². The van der Waals surface area contributed by atoms with Crippen molar-refractivity contribution < 1.29 is 27.2 Å². The summed E-state index contributed by atoms with van der Waals surface area (Å²) in [6.45, 7) is 0.777. The molecule has 0 bridgehead atoms. The molecule has 1 fully saturated rings. The van der Waals surface area contributed by atoms with Crippen LogP contribution in [0.15, 0.2) is 22.8 Å². The van der Waals surface area contributed by atoms with Crippen LogP contribution in [0.1, 0.15) is 57.3 Å². The quantitative estimate of drug-likeness (QED) is 0.816. The van der Waals surface area contributed by atoms with Crippen LogP contribution >= 0.6 is 0 Å². The van der Waals surface area contributed by atoms with Gasteiger partial charge in [0.1, 0.15) is 17.8 Å². The molecule has 4 rings (SSSR count). The number of benzene rings is 1. The third-order valence-electron chi connectivity index (χ3n) is 5.08. The number of carbonyl (C=O) groups is 2. The number of halogens is 3. The molecule has 2 amide bonds. The minimum absolute atomic E-state index is 0.0913. The molecule has 8 heteroatoms. The lowest BCUT2D eigenvalue weighted by atomic mass is 10.0. The monoisotopic (exact) mass is 378 g/mol. The average Bonchev–Trinajstić information content (AvgIpc) is 3.24. The molecule has 1 unspecified atom stereocenters. The van der Waals surface area contributed by atoms with Crippen molar-refractivity contribution in [1.82, 2.24) is 10.2 Å². The van der Waals surface area contributed by atoms with Gasteiger partial charge in [-0.2, -0.15) is 0 Å². The lowest BCUT2D eigenvalue weighted by Gasteiger charge is -2.25. The summed E-state index contributed by atoms with van der Waals surface area (Å²) in [5.74, 6) is -3.82. The van der Waals surface area contributed by atoms with Gasteiger partial charge in [0, 0.05) is 31.1 Å². The Labute approximate surface area is 153 Å². The highest BCUT2D eigenvalue weighted by molar-refractivity contribution is 6.08. The third-order valence-corrected chi connectivity index (χ3v) is 5.08. The van der Waals surface area contributed by atoms with Gasteiger partial charge in [-0.15, -0.1) is 0 Å². The highest BCUT2D eigenvalue weighted by Crippen LogP contribution is 2.36. The number of aryl methyl sites for hydroxylation is 1. The van der Waals surface area contributed by atoms with Gasteiger partial charge in [-0.25, -0.2) is 13.2 Å². The third kappa shape index (κ3) is 2.98. The maximum atomic E-state index is 14.2. The second-order valence-electron chi connectivity index (χ2n) is 6.75. The molecular weight excluding hydrogens is 361 g/mol. The first kappa shape index (κ1) is 17.6. The predicted octanol–water partition coefficient (Wildman–Crippen LogP) is 3.35. The molecular formula is C19H17F3N2O3. The maximum absolute atomic E-state index is 14.2. The Balaban J connectivity index is 1.71. The van der Waals surface area contributed by atoms with Crippen molar-refractivity contribution in [2.75, 3.05) is 13.1 Å². The SMILES string of the molecule is O=C1NCCCc2occ(C(=O)N3CCCC3c3cc(F)cc(F)c3F)c21. The van der Waals surface area contributed by atoms with Crippen molar-refractivity contribution >= 4 is 11.8 Å². The molecule has 5 nitrogen and oxygen atoms in total. The van der Waals surface area contributed by atoms with E-state index in [-0.39, 0.29) is 16.7 Å². The number of carbonyl (C=O) groups excluding carboxylic acids is 2. The first-order valence-electron chi connectivity index (χ1n) is 8.81. The summed E-state index contributed by atoms with van der Waals surface area (Å²) in [5.41, 5.74) is 0.0833. The highest BCUT2D eigenvalue weighted by atomic mass is 19.2. The van der Waals surface area contributed by atoms with E-state index in [2.05, 4.69) is 5.32 Å². The fraction of sp³-hybridized carbons (Fsp3) is 0.368. The Morgan fingerprint density at radius 3 is 2.85 bits per heavy atom. The topological polar surface area (TPSA) is 62.6 Å². The van der Waals surface area contributed by atoms with Crippen LogP contribution in [0.5, 0.6) is 0 Å². The minimum atomic E-state index is -1.29. The van der Waals surface area contributed by atoms with Crippen molar-refractivity contribution in [1.29, 1.82) is 0 Å². The number of fused-ring (bicyclic) bond motifs is 1. The molecule has 1 aromatic heterocycles. The average molecular weight is 378 g/mol. The van der Waals surface area contributed by atoms with E-state index in [0.29, 0.717) is 50.6 Å². The maximum Gasteiger partial charge on any atom is 0.258 e. The Kier molecular flexibility index (Phi) is 4.41. The summed E-state index contributed by atoms with van der Waals surface area (Å²) in [4.78, 5) is 26.7. The van der Waals surface area contributed by atoms with E-state index < -0.39 is 35.3 Å². The molecule has 2 aliphatic heterocycles. The van der Waals surface area contributed by atoms with E-state index in [9.17, 15) is 22.8 Å². The van der Waals surface area contributed by atoms with Crippen molar-refractivity contribution in [3.63, 3.8) is 0 Å². The zero-order chi connectivity index (χ0) is 19.1. The molecule has 0 saturated carbocycles. The summed E-state index contributed by atoms with van der Waals surface area (Å²) < 4.78 is 46.9. The van der Waals surface area contributed by atoms with E-state index in [1.54, 1.807) is 0 Å². The Morgan fingerprint density at radius 2 is 2.04 bits per heavy atom. The van der Waals surface area contributed by atoms with Gasteiger partial charge in [-0.05, 0) is 25.3 Å². The first-order chi connectivity index (χ1) is 13.0. The number of rotatable bonds is 2. The van der Waals surface area contributed by atoms with Crippen molar-refractivity contribution in [2.24, 2.45) is 0 Å². The largest absolute Gasteiger partial charge is 0.468 e. The van der Waals surface area contributed by atoms with Gasteiger partial charge in [0.25, 0.3) is 11.8 Å². The number of hydrogen-bond donors (Lipinski definition) is 1. The number of nitrogens with zero attached hydrogens (tertiary/aromatic N) is 1. The Morgan fingerprint density at radius 1 is 1.22 bits per heavy atom. The van der Waals surface area contributed by atoms with Crippen molar-refractivity contribution in [3.8, 4) is 0 Å². The lowest BCUT2D eigenvalue weighted by molar-refractivity contribution is 0.0726.